The van der Waals surface area contributed by atoms with Crippen LogP contribution in [0.1, 0.15) is 23.5 Å². The zero-order valence-electron chi connectivity index (χ0n) is 15.1. The number of nitrogens with zero attached hydrogens (tertiary/aromatic N) is 1. The maximum absolute atomic E-state index is 13.2. The Morgan fingerprint density at radius 2 is 1.86 bits per heavy atom. The van der Waals surface area contributed by atoms with Crippen molar-refractivity contribution in [3.05, 3.63) is 94.4 Å². The van der Waals surface area contributed by atoms with Crippen LogP contribution in [0.5, 0.6) is 5.75 Å². The average Bonchev–Trinajstić information content (AvgIpc) is 2.74. The molecule has 2 aromatic heterocycles. The smallest absolute Gasteiger partial charge is 0.312 e. The van der Waals surface area contributed by atoms with Gasteiger partial charge in [-0.25, -0.2) is 4.39 Å². The van der Waals surface area contributed by atoms with Gasteiger partial charge in [-0.15, -0.1) is 0 Å². The molecule has 0 saturated carbocycles. The van der Waals surface area contributed by atoms with Crippen molar-refractivity contribution in [2.45, 2.75) is 12.3 Å². The van der Waals surface area contributed by atoms with Crippen molar-refractivity contribution in [1.29, 1.82) is 0 Å². The topological polar surface area (TPSA) is 69.4 Å². The molecule has 0 saturated heterocycles. The van der Waals surface area contributed by atoms with Gasteiger partial charge in [-0.2, -0.15) is 0 Å². The van der Waals surface area contributed by atoms with Crippen LogP contribution in [-0.2, 0) is 4.79 Å². The zero-order chi connectivity index (χ0) is 20.0. The van der Waals surface area contributed by atoms with Gasteiger partial charge < -0.3 is 9.15 Å². The molecule has 5 rings (SSSR count). The Kier molecular flexibility index (Phi) is 3.98. The number of fused-ring (bicyclic) bond motifs is 3. The number of aromatic nitrogens is 1. The summed E-state index contributed by atoms with van der Waals surface area (Å²) in [5, 5.41) is 0.373. The van der Waals surface area contributed by atoms with Gasteiger partial charge in [0.2, 0.25) is 5.43 Å². The first-order valence-corrected chi connectivity index (χ1v) is 9.07. The summed E-state index contributed by atoms with van der Waals surface area (Å²) in [4.78, 5) is 29.4. The third-order valence-electron chi connectivity index (χ3n) is 5.13. The third kappa shape index (κ3) is 2.89. The largest absolute Gasteiger partial charge is 0.463 e. The number of halogens is 1. The molecule has 0 radical (unpaired) electrons. The van der Waals surface area contributed by atoms with E-state index >= 15 is 0 Å². The first kappa shape index (κ1) is 17.3. The lowest BCUT2D eigenvalue weighted by atomic mass is 9.86. The number of carbonyl (C=O) groups is 1. The molecule has 2 aromatic carbocycles. The van der Waals surface area contributed by atoms with Crippen molar-refractivity contribution in [3.63, 3.8) is 0 Å². The molecule has 1 aliphatic rings. The molecule has 0 unspecified atom stereocenters. The molecule has 1 aliphatic heterocycles. The summed E-state index contributed by atoms with van der Waals surface area (Å²) < 4.78 is 24.5. The van der Waals surface area contributed by atoms with Crippen molar-refractivity contribution in [2.24, 2.45) is 0 Å². The SMILES string of the molecule is O=C1C[C@@H](c2cccnc2)c2c(ccc3c(=O)c(-c4ccc(F)cc4)coc23)O1. The molecular formula is C23H14FNO4. The van der Waals surface area contributed by atoms with Crippen LogP contribution in [0.25, 0.3) is 22.1 Å². The number of benzene rings is 2. The Morgan fingerprint density at radius 1 is 1.03 bits per heavy atom. The summed E-state index contributed by atoms with van der Waals surface area (Å²) in [6.45, 7) is 0. The predicted octanol–water partition coefficient (Wildman–Crippen LogP) is 4.44. The first-order valence-electron chi connectivity index (χ1n) is 9.07. The molecule has 0 fully saturated rings. The monoisotopic (exact) mass is 387 g/mol. The highest BCUT2D eigenvalue weighted by atomic mass is 19.1. The normalized spacial score (nSPS) is 15.8. The summed E-state index contributed by atoms with van der Waals surface area (Å²) in [5.74, 6) is -0.686. The quantitative estimate of drug-likeness (QED) is 0.376. The summed E-state index contributed by atoms with van der Waals surface area (Å²) in [6.07, 6.45) is 4.84. The molecular weight excluding hydrogens is 373 g/mol. The number of esters is 1. The van der Waals surface area contributed by atoms with E-state index in [-0.39, 0.29) is 29.6 Å². The Hall–Kier alpha value is -3.80. The molecule has 142 valence electrons. The fourth-order valence-corrected chi connectivity index (χ4v) is 3.75. The highest BCUT2D eigenvalue weighted by Gasteiger charge is 2.32. The lowest BCUT2D eigenvalue weighted by Crippen LogP contribution is -2.22. The molecule has 0 aliphatic carbocycles. The third-order valence-corrected chi connectivity index (χ3v) is 5.13. The highest BCUT2D eigenvalue weighted by molar-refractivity contribution is 5.90. The molecule has 3 heterocycles. The van der Waals surface area contributed by atoms with Crippen LogP contribution in [0.3, 0.4) is 0 Å². The van der Waals surface area contributed by atoms with Gasteiger partial charge in [-0.3, -0.25) is 14.6 Å². The highest BCUT2D eigenvalue weighted by Crippen LogP contribution is 2.42. The molecule has 6 heteroatoms. The van der Waals surface area contributed by atoms with E-state index in [9.17, 15) is 14.0 Å². The number of rotatable bonds is 2. The van der Waals surface area contributed by atoms with E-state index in [1.54, 1.807) is 30.6 Å². The maximum Gasteiger partial charge on any atom is 0.312 e. The molecule has 0 N–H and O–H groups in total. The Balaban J connectivity index is 1.74. The van der Waals surface area contributed by atoms with Crippen molar-refractivity contribution < 1.29 is 18.3 Å². The zero-order valence-corrected chi connectivity index (χ0v) is 15.1. The second-order valence-corrected chi connectivity index (χ2v) is 6.86. The van der Waals surface area contributed by atoms with Gasteiger partial charge in [0.05, 0.1) is 17.4 Å². The van der Waals surface area contributed by atoms with Gasteiger partial charge in [-0.05, 0) is 41.5 Å². The molecule has 0 bridgehead atoms. The van der Waals surface area contributed by atoms with E-state index in [0.29, 0.717) is 33.4 Å². The van der Waals surface area contributed by atoms with E-state index in [0.717, 1.165) is 5.56 Å². The van der Waals surface area contributed by atoms with Gasteiger partial charge in [0.15, 0.2) is 0 Å². The maximum atomic E-state index is 13.2. The van der Waals surface area contributed by atoms with Crippen LogP contribution >= 0.6 is 0 Å². The van der Waals surface area contributed by atoms with Crippen LogP contribution in [0, 0.1) is 5.82 Å². The van der Waals surface area contributed by atoms with Crippen molar-refractivity contribution in [3.8, 4) is 16.9 Å². The van der Waals surface area contributed by atoms with Gasteiger partial charge in [0, 0.05) is 23.9 Å². The van der Waals surface area contributed by atoms with E-state index in [1.165, 1.54) is 30.5 Å². The Morgan fingerprint density at radius 3 is 2.62 bits per heavy atom. The molecule has 5 nitrogen and oxygen atoms in total. The van der Waals surface area contributed by atoms with Crippen molar-refractivity contribution in [1.82, 2.24) is 4.98 Å². The Labute approximate surface area is 164 Å². The van der Waals surface area contributed by atoms with Crippen molar-refractivity contribution in [2.75, 3.05) is 0 Å². The van der Waals surface area contributed by atoms with Gasteiger partial charge in [0.1, 0.15) is 23.4 Å². The van der Waals surface area contributed by atoms with E-state index < -0.39 is 0 Å². The number of carbonyl (C=O) groups excluding carboxylic acids is 1. The summed E-state index contributed by atoms with van der Waals surface area (Å²) in [5.41, 5.74) is 2.53. The van der Waals surface area contributed by atoms with E-state index in [4.69, 9.17) is 9.15 Å². The lowest BCUT2D eigenvalue weighted by molar-refractivity contribution is -0.135. The fraction of sp³-hybridized carbons (Fsp3) is 0.0870. The minimum absolute atomic E-state index is 0.126. The molecule has 0 amide bonds. The van der Waals surface area contributed by atoms with Crippen LogP contribution in [-0.4, -0.2) is 11.0 Å². The van der Waals surface area contributed by atoms with Crippen LogP contribution in [0.4, 0.5) is 4.39 Å². The van der Waals surface area contributed by atoms with Crippen LogP contribution in [0.15, 0.2) is 76.4 Å². The number of pyridine rings is 1. The second-order valence-electron chi connectivity index (χ2n) is 6.86. The standard InChI is InChI=1S/C23H14FNO4/c24-15-5-3-13(4-6-15)18-12-28-23-16(22(18)27)7-8-19-21(23)17(10-20(26)29-19)14-2-1-9-25-11-14/h1-9,11-12,17H,10H2/t17-/m0/s1. The molecule has 0 spiro atoms. The predicted molar refractivity (Wildman–Crippen MR) is 104 cm³/mol. The number of hydrogen-bond acceptors (Lipinski definition) is 5. The number of ether oxygens (including phenoxy) is 1. The van der Waals surface area contributed by atoms with Crippen LogP contribution in [0.2, 0.25) is 0 Å². The van der Waals surface area contributed by atoms with E-state index in [1.807, 2.05) is 6.07 Å². The number of hydrogen-bond donors (Lipinski definition) is 0. The second kappa shape index (κ2) is 6.67. The molecule has 29 heavy (non-hydrogen) atoms. The minimum atomic E-state index is -0.380. The summed E-state index contributed by atoms with van der Waals surface area (Å²) >= 11 is 0. The first-order chi connectivity index (χ1) is 14.1. The van der Waals surface area contributed by atoms with Gasteiger partial charge >= 0.3 is 5.97 Å². The van der Waals surface area contributed by atoms with Gasteiger partial charge in [0.25, 0.3) is 0 Å². The molecule has 1 atom stereocenters. The van der Waals surface area contributed by atoms with Crippen LogP contribution < -0.4 is 10.2 Å². The lowest BCUT2D eigenvalue weighted by Gasteiger charge is -2.25. The fourth-order valence-electron chi connectivity index (χ4n) is 3.75. The Bertz CT molecular complexity index is 1300. The minimum Gasteiger partial charge on any atom is -0.463 e. The molecule has 4 aromatic rings. The van der Waals surface area contributed by atoms with E-state index in [2.05, 4.69) is 4.98 Å². The van der Waals surface area contributed by atoms with Crippen molar-refractivity contribution >= 4 is 16.9 Å². The van der Waals surface area contributed by atoms with Gasteiger partial charge in [-0.1, -0.05) is 18.2 Å². The average molecular weight is 387 g/mol. The summed E-state index contributed by atoms with van der Waals surface area (Å²) in [6, 6.07) is 12.5. The summed E-state index contributed by atoms with van der Waals surface area (Å²) in [7, 11) is 0.